The molecule has 4 unspecified atom stereocenters. The average molecular weight is 771 g/mol. The summed E-state index contributed by atoms with van der Waals surface area (Å²) in [6.45, 7) is -0.193. The van der Waals surface area contributed by atoms with E-state index in [1.165, 1.54) is 0 Å². The van der Waals surface area contributed by atoms with Crippen LogP contribution in [-0.4, -0.2) is 36.6 Å². The number of rotatable bonds is 16. The number of ether oxygens (including phenoxy) is 4. The number of nitrogens with zero attached hydrogens (tertiary/aromatic N) is 2. The van der Waals surface area contributed by atoms with Crippen LogP contribution in [0.5, 0.6) is 0 Å². The number of carbonyl (C=O) groups excluding carboxylic acids is 2. The molecule has 0 aliphatic heterocycles. The fourth-order valence-electron chi connectivity index (χ4n) is 6.80. The lowest BCUT2D eigenvalue weighted by molar-refractivity contribution is -0.211. The molecule has 0 aliphatic rings. The van der Waals surface area contributed by atoms with Gasteiger partial charge in [-0.15, -0.1) is 0 Å². The van der Waals surface area contributed by atoms with Gasteiger partial charge < -0.3 is 30.4 Å². The van der Waals surface area contributed by atoms with E-state index in [1.54, 1.807) is 48.5 Å². The largest absolute Gasteiger partial charge is 0.426 e. The minimum absolute atomic E-state index is 0.0965. The first-order valence-corrected chi connectivity index (χ1v) is 18.7. The van der Waals surface area contributed by atoms with Crippen molar-refractivity contribution in [2.24, 2.45) is 11.5 Å². The lowest BCUT2D eigenvalue weighted by Gasteiger charge is -2.32. The molecular weight excluding hydrogens is 729 g/mol. The molecule has 4 N–H and O–H groups in total. The number of carbonyl (C=O) groups is 2. The molecule has 0 aliphatic carbocycles. The fourth-order valence-corrected chi connectivity index (χ4v) is 6.80. The van der Waals surface area contributed by atoms with Gasteiger partial charge in [-0.3, -0.25) is 0 Å². The summed E-state index contributed by atoms with van der Waals surface area (Å²) in [6, 6.07) is 53.5. The van der Waals surface area contributed by atoms with E-state index in [0.29, 0.717) is 22.3 Å². The summed E-state index contributed by atoms with van der Waals surface area (Å²) in [7, 11) is 0. The number of nitrogens with two attached hydrogens (primary N) is 2. The second kappa shape index (κ2) is 20.3. The third kappa shape index (κ3) is 10.7. The third-order valence-corrected chi connectivity index (χ3v) is 9.59. The van der Waals surface area contributed by atoms with Crippen molar-refractivity contribution in [3.63, 3.8) is 0 Å². The molecule has 10 heteroatoms. The summed E-state index contributed by atoms with van der Waals surface area (Å²) in [5.74, 6) is -3.83. The monoisotopic (exact) mass is 770 g/mol. The minimum Gasteiger partial charge on any atom is -0.426 e. The first-order chi connectivity index (χ1) is 28.3. The number of nitriles is 2. The summed E-state index contributed by atoms with van der Waals surface area (Å²) in [6.07, 6.45) is -2.95. The van der Waals surface area contributed by atoms with E-state index in [1.807, 2.05) is 121 Å². The molecule has 6 aromatic rings. The highest BCUT2D eigenvalue weighted by Crippen LogP contribution is 2.32. The van der Waals surface area contributed by atoms with Gasteiger partial charge in [0.25, 0.3) is 0 Å². The SMILES string of the molecule is N#Cc1cccc(COC(OC(=O)C(=O)OC(OCc2cccc(C#N)c2)C(N)C(c2ccccc2)c2ccccc2)C(N)C(c2ccccc2)c2ccccc2)c1. The highest BCUT2D eigenvalue weighted by Gasteiger charge is 2.38. The van der Waals surface area contributed by atoms with Crippen LogP contribution < -0.4 is 11.5 Å². The molecule has 6 rings (SSSR count). The molecular formula is C48H42N4O6. The smallest absolute Gasteiger partial charge is 0.419 e. The van der Waals surface area contributed by atoms with Crippen LogP contribution in [0, 0.1) is 22.7 Å². The van der Waals surface area contributed by atoms with E-state index in [-0.39, 0.29) is 13.2 Å². The lowest BCUT2D eigenvalue weighted by Crippen LogP contribution is -2.48. The minimum atomic E-state index is -1.47. The molecule has 0 bridgehead atoms. The first-order valence-electron chi connectivity index (χ1n) is 18.7. The van der Waals surface area contributed by atoms with Gasteiger partial charge in [0.1, 0.15) is 0 Å². The lowest BCUT2D eigenvalue weighted by atomic mass is 9.85. The molecule has 0 radical (unpaired) electrons. The highest BCUT2D eigenvalue weighted by atomic mass is 16.7. The van der Waals surface area contributed by atoms with E-state index in [2.05, 4.69) is 12.1 Å². The molecule has 4 atom stereocenters. The Bertz CT molecular complexity index is 2090. The van der Waals surface area contributed by atoms with Gasteiger partial charge in [0.2, 0.25) is 12.6 Å². The van der Waals surface area contributed by atoms with Crippen LogP contribution in [0.15, 0.2) is 170 Å². The van der Waals surface area contributed by atoms with Crippen molar-refractivity contribution < 1.29 is 28.5 Å². The molecule has 0 saturated carbocycles. The zero-order valence-corrected chi connectivity index (χ0v) is 31.5. The van der Waals surface area contributed by atoms with Gasteiger partial charge in [0, 0.05) is 11.8 Å². The van der Waals surface area contributed by atoms with E-state index in [0.717, 1.165) is 22.3 Å². The summed E-state index contributed by atoms with van der Waals surface area (Å²) < 4.78 is 24.0. The summed E-state index contributed by atoms with van der Waals surface area (Å²) >= 11 is 0. The zero-order valence-electron chi connectivity index (χ0n) is 31.5. The Morgan fingerprint density at radius 1 is 0.466 bits per heavy atom. The van der Waals surface area contributed by atoms with Crippen molar-refractivity contribution in [3.05, 3.63) is 214 Å². The van der Waals surface area contributed by atoms with Gasteiger partial charge in [-0.05, 0) is 57.6 Å². The first kappa shape index (κ1) is 40.7. The maximum absolute atomic E-state index is 13.9. The fraction of sp³-hybridized carbons (Fsp3) is 0.167. The van der Waals surface area contributed by atoms with Crippen molar-refractivity contribution in [1.29, 1.82) is 10.5 Å². The molecule has 0 saturated heterocycles. The molecule has 10 nitrogen and oxygen atoms in total. The van der Waals surface area contributed by atoms with Gasteiger partial charge in [0.05, 0.1) is 48.6 Å². The maximum atomic E-state index is 13.9. The predicted molar refractivity (Wildman–Crippen MR) is 217 cm³/mol. The van der Waals surface area contributed by atoms with Crippen molar-refractivity contribution >= 4 is 11.9 Å². The average Bonchev–Trinajstić information content (AvgIpc) is 3.28. The van der Waals surface area contributed by atoms with Crippen molar-refractivity contribution in [2.75, 3.05) is 0 Å². The van der Waals surface area contributed by atoms with E-state index >= 15 is 0 Å². The number of hydrogen-bond donors (Lipinski definition) is 2. The van der Waals surface area contributed by atoms with Crippen molar-refractivity contribution in [2.45, 2.75) is 49.7 Å². The van der Waals surface area contributed by atoms with Crippen LogP contribution in [0.3, 0.4) is 0 Å². The van der Waals surface area contributed by atoms with Crippen molar-refractivity contribution in [1.82, 2.24) is 0 Å². The van der Waals surface area contributed by atoms with Gasteiger partial charge in [0.15, 0.2) is 0 Å². The standard InChI is InChI=1S/C48H42N4O6/c49-29-33-15-13-17-35(27-33)31-55-47(43(51)41(37-19-5-1-6-20-37)38-21-7-2-8-22-38)57-45(53)46(54)58-48(56-32-36-18-14-16-34(28-36)30-50)44(52)42(39-23-9-3-10-24-39)40-25-11-4-12-26-40/h1-28,41-44,47-48H,31-32,51-52H2. The van der Waals surface area contributed by atoms with E-state index < -0.39 is 48.4 Å². The number of hydrogen-bond acceptors (Lipinski definition) is 10. The maximum Gasteiger partial charge on any atom is 0.419 e. The molecule has 58 heavy (non-hydrogen) atoms. The molecule has 290 valence electrons. The van der Waals surface area contributed by atoms with Crippen LogP contribution >= 0.6 is 0 Å². The van der Waals surface area contributed by atoms with Gasteiger partial charge in [-0.2, -0.15) is 10.5 Å². The molecule has 0 aromatic heterocycles. The van der Waals surface area contributed by atoms with Crippen LogP contribution in [0.1, 0.15) is 56.3 Å². The Balaban J connectivity index is 1.30. The van der Waals surface area contributed by atoms with E-state index in [4.69, 9.17) is 30.4 Å². The quantitative estimate of drug-likeness (QED) is 0.0582. The third-order valence-electron chi connectivity index (χ3n) is 9.59. The van der Waals surface area contributed by atoms with Crippen LogP contribution in [-0.2, 0) is 41.8 Å². The Morgan fingerprint density at radius 3 is 1.07 bits per heavy atom. The topological polar surface area (TPSA) is 171 Å². The van der Waals surface area contributed by atoms with Crippen molar-refractivity contribution in [3.8, 4) is 12.1 Å². The summed E-state index contributed by atoms with van der Waals surface area (Å²) in [5.41, 5.74) is 19.3. The van der Waals surface area contributed by atoms with Gasteiger partial charge in [-0.1, -0.05) is 146 Å². The van der Waals surface area contributed by atoms with Crippen LogP contribution in [0.25, 0.3) is 0 Å². The molecule has 0 heterocycles. The van der Waals surface area contributed by atoms with Crippen LogP contribution in [0.2, 0.25) is 0 Å². The Hall–Kier alpha value is -6.92. The predicted octanol–water partition coefficient (Wildman–Crippen LogP) is 7.22. The van der Waals surface area contributed by atoms with E-state index in [9.17, 15) is 20.1 Å². The van der Waals surface area contributed by atoms with Gasteiger partial charge in [-0.25, -0.2) is 9.59 Å². The Kier molecular flexibility index (Phi) is 14.3. The second-order valence-electron chi connectivity index (χ2n) is 13.5. The Labute approximate surface area is 337 Å². The molecule has 0 spiro atoms. The molecule has 0 amide bonds. The highest BCUT2D eigenvalue weighted by molar-refractivity contribution is 6.29. The molecule has 6 aromatic carbocycles. The number of benzene rings is 6. The second-order valence-corrected chi connectivity index (χ2v) is 13.5. The number of esters is 2. The summed E-state index contributed by atoms with van der Waals surface area (Å²) in [4.78, 5) is 27.8. The molecule has 0 fully saturated rings. The van der Waals surface area contributed by atoms with Gasteiger partial charge >= 0.3 is 11.9 Å². The Morgan fingerprint density at radius 2 is 0.776 bits per heavy atom. The summed E-state index contributed by atoms with van der Waals surface area (Å²) in [5, 5.41) is 18.9. The normalized spacial score (nSPS) is 13.1. The zero-order chi connectivity index (χ0) is 40.7. The van der Waals surface area contributed by atoms with Crippen LogP contribution in [0.4, 0.5) is 0 Å².